The van der Waals surface area contributed by atoms with Gasteiger partial charge in [-0.1, -0.05) is 12.1 Å². The number of carbonyl (C=O) groups excluding carboxylic acids is 1. The lowest BCUT2D eigenvalue weighted by Gasteiger charge is -2.16. The smallest absolute Gasteiger partial charge is 0.244 e. The van der Waals surface area contributed by atoms with Crippen LogP contribution < -0.4 is 9.62 Å². The predicted molar refractivity (Wildman–Crippen MR) is 93.2 cm³/mol. The molecule has 2 fully saturated rings. The maximum atomic E-state index is 11.9. The second kappa shape index (κ2) is 7.36. The van der Waals surface area contributed by atoms with Crippen molar-refractivity contribution in [3.63, 3.8) is 0 Å². The molecule has 0 aromatic heterocycles. The number of hydrogen-bond donors (Lipinski definition) is 1. The summed E-state index contributed by atoms with van der Waals surface area (Å²) >= 11 is 0. The van der Waals surface area contributed by atoms with Crippen LogP contribution in [0.3, 0.4) is 0 Å². The van der Waals surface area contributed by atoms with Crippen molar-refractivity contribution in [3.05, 3.63) is 35.9 Å². The molecule has 6 nitrogen and oxygen atoms in total. The van der Waals surface area contributed by atoms with Gasteiger partial charge in [0, 0.05) is 25.8 Å². The summed E-state index contributed by atoms with van der Waals surface area (Å²) in [6, 6.07) is 7.17. The molecule has 2 aliphatic heterocycles. The Bertz CT molecular complexity index is 707. The molecule has 1 aromatic carbocycles. The monoisotopic (exact) mass is 350 g/mol. The van der Waals surface area contributed by atoms with Gasteiger partial charge >= 0.3 is 0 Å². The van der Waals surface area contributed by atoms with E-state index in [1.165, 1.54) is 10.4 Å². The van der Waals surface area contributed by atoms with Crippen molar-refractivity contribution in [1.82, 2.24) is 5.32 Å². The summed E-state index contributed by atoms with van der Waals surface area (Å²) in [5.74, 6) is 0.0520. The van der Waals surface area contributed by atoms with E-state index in [0.29, 0.717) is 25.2 Å². The third kappa shape index (κ3) is 4.15. The van der Waals surface area contributed by atoms with Gasteiger partial charge in [0.15, 0.2) is 0 Å². The van der Waals surface area contributed by atoms with E-state index in [4.69, 9.17) is 4.74 Å². The summed E-state index contributed by atoms with van der Waals surface area (Å²) in [6.07, 6.45) is 6.03. The Hall–Kier alpha value is -1.86. The average molecular weight is 350 g/mol. The van der Waals surface area contributed by atoms with Gasteiger partial charge in [0.2, 0.25) is 15.9 Å². The number of hydrogen-bond acceptors (Lipinski definition) is 4. The Labute approximate surface area is 142 Å². The van der Waals surface area contributed by atoms with Gasteiger partial charge in [0.1, 0.15) is 0 Å². The van der Waals surface area contributed by atoms with Gasteiger partial charge in [-0.3, -0.25) is 9.10 Å². The number of nitrogens with one attached hydrogen (secondary N) is 1. The first-order valence-electron chi connectivity index (χ1n) is 8.23. The fraction of sp³-hybridized carbons (Fsp3) is 0.471. The molecule has 3 rings (SSSR count). The number of anilines is 1. The number of amides is 1. The zero-order valence-electron chi connectivity index (χ0n) is 13.5. The highest BCUT2D eigenvalue weighted by Gasteiger charge is 2.28. The highest BCUT2D eigenvalue weighted by molar-refractivity contribution is 7.93. The van der Waals surface area contributed by atoms with Crippen LogP contribution in [0.1, 0.15) is 24.8 Å². The minimum Gasteiger partial charge on any atom is -0.376 e. The largest absolute Gasteiger partial charge is 0.376 e. The minimum atomic E-state index is -3.15. The topological polar surface area (TPSA) is 75.7 Å². The third-order valence-corrected chi connectivity index (χ3v) is 6.10. The van der Waals surface area contributed by atoms with Crippen molar-refractivity contribution < 1.29 is 17.9 Å². The predicted octanol–water partition coefficient (Wildman–Crippen LogP) is 1.53. The Morgan fingerprint density at radius 2 is 2.08 bits per heavy atom. The molecule has 1 atom stereocenters. The number of benzene rings is 1. The van der Waals surface area contributed by atoms with E-state index in [-0.39, 0.29) is 17.8 Å². The standard InChI is InChI=1S/C17H22N2O4S/c20-17(18-13-16-3-1-11-23-16)9-6-14-4-7-15(8-5-14)19-10-2-12-24(19,21)22/h4-9,16H,1-3,10-13H2,(H,18,20)/b9-6+. The summed E-state index contributed by atoms with van der Waals surface area (Å²) in [5.41, 5.74) is 1.52. The fourth-order valence-corrected chi connectivity index (χ4v) is 4.50. The summed E-state index contributed by atoms with van der Waals surface area (Å²) in [5, 5.41) is 2.82. The Kier molecular flexibility index (Phi) is 5.20. The zero-order chi connectivity index (χ0) is 17.0. The van der Waals surface area contributed by atoms with Gasteiger partial charge in [-0.05, 0) is 43.0 Å². The van der Waals surface area contributed by atoms with Crippen molar-refractivity contribution in [1.29, 1.82) is 0 Å². The summed E-state index contributed by atoms with van der Waals surface area (Å²) in [6.45, 7) is 1.84. The molecule has 0 radical (unpaired) electrons. The average Bonchev–Trinajstić information content (AvgIpc) is 3.20. The first-order chi connectivity index (χ1) is 11.5. The minimum absolute atomic E-state index is 0.129. The van der Waals surface area contributed by atoms with Crippen LogP contribution in [0.2, 0.25) is 0 Å². The van der Waals surface area contributed by atoms with E-state index in [9.17, 15) is 13.2 Å². The van der Waals surface area contributed by atoms with Crippen LogP contribution in [0, 0.1) is 0 Å². The molecule has 0 spiro atoms. The van der Waals surface area contributed by atoms with E-state index in [0.717, 1.165) is 25.0 Å². The molecule has 0 aliphatic carbocycles. The van der Waals surface area contributed by atoms with E-state index in [1.807, 2.05) is 12.1 Å². The van der Waals surface area contributed by atoms with Gasteiger partial charge in [-0.15, -0.1) is 0 Å². The maximum absolute atomic E-state index is 11.9. The lowest BCUT2D eigenvalue weighted by Crippen LogP contribution is -2.30. The summed E-state index contributed by atoms with van der Waals surface area (Å²) < 4.78 is 30.7. The highest BCUT2D eigenvalue weighted by atomic mass is 32.2. The van der Waals surface area contributed by atoms with Gasteiger partial charge in [-0.2, -0.15) is 0 Å². The molecule has 1 aromatic rings. The van der Waals surface area contributed by atoms with Crippen molar-refractivity contribution in [2.45, 2.75) is 25.4 Å². The summed E-state index contributed by atoms with van der Waals surface area (Å²) in [4.78, 5) is 11.8. The molecule has 1 N–H and O–H groups in total. The molecule has 0 bridgehead atoms. The van der Waals surface area contributed by atoms with E-state index >= 15 is 0 Å². The quantitative estimate of drug-likeness (QED) is 0.817. The van der Waals surface area contributed by atoms with Gasteiger partial charge in [0.05, 0.1) is 17.5 Å². The molecule has 2 saturated heterocycles. The van der Waals surface area contributed by atoms with Crippen LogP contribution in [-0.2, 0) is 19.6 Å². The number of nitrogens with zero attached hydrogens (tertiary/aromatic N) is 1. The molecule has 0 saturated carbocycles. The number of carbonyl (C=O) groups is 1. The zero-order valence-corrected chi connectivity index (χ0v) is 14.3. The van der Waals surface area contributed by atoms with Crippen LogP contribution in [0.5, 0.6) is 0 Å². The number of rotatable bonds is 5. The molecule has 1 unspecified atom stereocenters. The first-order valence-corrected chi connectivity index (χ1v) is 9.83. The first kappa shape index (κ1) is 17.0. The van der Waals surface area contributed by atoms with Crippen LogP contribution in [0.15, 0.2) is 30.3 Å². The Morgan fingerprint density at radius 1 is 1.29 bits per heavy atom. The number of sulfonamides is 1. The summed E-state index contributed by atoms with van der Waals surface area (Å²) in [7, 11) is -3.15. The molecule has 24 heavy (non-hydrogen) atoms. The molecule has 2 aliphatic rings. The molecular formula is C17H22N2O4S. The van der Waals surface area contributed by atoms with E-state index < -0.39 is 10.0 Å². The van der Waals surface area contributed by atoms with Crippen molar-refractivity contribution >= 4 is 27.7 Å². The molecule has 130 valence electrons. The third-order valence-electron chi connectivity index (χ3n) is 4.24. The van der Waals surface area contributed by atoms with Crippen LogP contribution >= 0.6 is 0 Å². The van der Waals surface area contributed by atoms with Crippen molar-refractivity contribution in [3.8, 4) is 0 Å². The van der Waals surface area contributed by atoms with E-state index in [2.05, 4.69) is 5.32 Å². The van der Waals surface area contributed by atoms with Crippen molar-refractivity contribution in [2.24, 2.45) is 0 Å². The van der Waals surface area contributed by atoms with Gasteiger partial charge in [-0.25, -0.2) is 8.42 Å². The number of ether oxygens (including phenoxy) is 1. The molecular weight excluding hydrogens is 328 g/mol. The second-order valence-corrected chi connectivity index (χ2v) is 8.06. The van der Waals surface area contributed by atoms with Crippen LogP contribution in [0.25, 0.3) is 6.08 Å². The molecule has 7 heteroatoms. The van der Waals surface area contributed by atoms with Crippen LogP contribution in [-0.4, -0.2) is 45.9 Å². The maximum Gasteiger partial charge on any atom is 0.244 e. The fourth-order valence-electron chi connectivity index (χ4n) is 2.93. The van der Waals surface area contributed by atoms with Crippen molar-refractivity contribution in [2.75, 3.05) is 29.8 Å². The van der Waals surface area contributed by atoms with Gasteiger partial charge in [0.25, 0.3) is 0 Å². The lowest BCUT2D eigenvalue weighted by molar-refractivity contribution is -0.116. The normalized spacial score (nSPS) is 23.0. The Morgan fingerprint density at radius 3 is 2.71 bits per heavy atom. The highest BCUT2D eigenvalue weighted by Crippen LogP contribution is 2.24. The Balaban J connectivity index is 1.54. The van der Waals surface area contributed by atoms with E-state index in [1.54, 1.807) is 18.2 Å². The van der Waals surface area contributed by atoms with Crippen LogP contribution in [0.4, 0.5) is 5.69 Å². The second-order valence-electron chi connectivity index (χ2n) is 6.05. The SMILES string of the molecule is O=C(/C=C/c1ccc(N2CCCS2(=O)=O)cc1)NCC1CCCO1. The molecule has 1 amide bonds. The van der Waals surface area contributed by atoms with Gasteiger partial charge < -0.3 is 10.1 Å². The molecule has 2 heterocycles. The lowest BCUT2D eigenvalue weighted by atomic mass is 10.2.